The van der Waals surface area contributed by atoms with Gasteiger partial charge in [0.2, 0.25) is 5.95 Å². The molecule has 1 heterocycles. The van der Waals surface area contributed by atoms with Gasteiger partial charge in [0.15, 0.2) is 11.8 Å². The summed E-state index contributed by atoms with van der Waals surface area (Å²) in [4.78, 5) is 18.6. The number of rotatable bonds is 4. The van der Waals surface area contributed by atoms with Crippen LogP contribution in [0.15, 0.2) is 17.3 Å². The van der Waals surface area contributed by atoms with Gasteiger partial charge in [0.05, 0.1) is 0 Å². The van der Waals surface area contributed by atoms with E-state index in [1.165, 1.54) is 0 Å². The minimum absolute atomic E-state index is 0.00699. The molecule has 94 valence electrons. The van der Waals surface area contributed by atoms with Crippen LogP contribution in [0, 0.1) is 5.92 Å². The molecule has 0 bridgehead atoms. The van der Waals surface area contributed by atoms with E-state index in [2.05, 4.69) is 16.5 Å². The SMILES string of the molecule is C=C(F)N(CC(C)C)c1nc(N)[nH]c(=O)c1N. The number of H-pyrrole nitrogens is 1. The summed E-state index contributed by atoms with van der Waals surface area (Å²) in [5.41, 5.74) is 10.2. The van der Waals surface area contributed by atoms with Crippen LogP contribution in [0.25, 0.3) is 0 Å². The Morgan fingerprint density at radius 2 is 2.18 bits per heavy atom. The van der Waals surface area contributed by atoms with Crippen LogP contribution in [-0.2, 0) is 0 Å². The molecular weight excluding hydrogens is 225 g/mol. The quantitative estimate of drug-likeness (QED) is 0.678. The molecule has 0 saturated carbocycles. The molecule has 0 fully saturated rings. The van der Waals surface area contributed by atoms with Gasteiger partial charge in [-0.3, -0.25) is 9.78 Å². The van der Waals surface area contributed by atoms with E-state index in [1.807, 2.05) is 13.8 Å². The maximum absolute atomic E-state index is 13.3. The Hall–Kier alpha value is -2.05. The number of nitrogens with one attached hydrogen (secondary N) is 1. The highest BCUT2D eigenvalue weighted by atomic mass is 19.1. The molecule has 0 saturated heterocycles. The van der Waals surface area contributed by atoms with Crippen molar-refractivity contribution in [2.75, 3.05) is 22.9 Å². The highest BCUT2D eigenvalue weighted by Crippen LogP contribution is 2.22. The molecular formula is C10H16FN5O. The van der Waals surface area contributed by atoms with Crippen LogP contribution in [0.5, 0.6) is 0 Å². The van der Waals surface area contributed by atoms with E-state index in [9.17, 15) is 9.18 Å². The third kappa shape index (κ3) is 2.96. The van der Waals surface area contributed by atoms with Crippen molar-refractivity contribution in [3.63, 3.8) is 0 Å². The normalized spacial score (nSPS) is 10.6. The number of aromatic amines is 1. The topological polar surface area (TPSA) is 101 Å². The molecule has 1 aromatic rings. The third-order valence-corrected chi connectivity index (χ3v) is 2.05. The standard InChI is InChI=1S/C10H16FN5O/c1-5(2)4-16(6(3)11)8-7(12)9(17)15-10(13)14-8/h5H,3-4,12H2,1-2H3,(H3,13,14,15,17). The van der Waals surface area contributed by atoms with Gasteiger partial charge in [-0.2, -0.15) is 9.37 Å². The Morgan fingerprint density at radius 1 is 1.59 bits per heavy atom. The van der Waals surface area contributed by atoms with Gasteiger partial charge in [-0.15, -0.1) is 0 Å². The second-order valence-corrected chi connectivity index (χ2v) is 4.07. The Labute approximate surface area is 98.1 Å². The number of nitrogen functional groups attached to an aromatic ring is 2. The van der Waals surface area contributed by atoms with E-state index in [0.29, 0.717) is 6.54 Å². The van der Waals surface area contributed by atoms with Gasteiger partial charge < -0.3 is 16.4 Å². The molecule has 0 aromatic carbocycles. The Balaban J connectivity index is 3.27. The van der Waals surface area contributed by atoms with Crippen molar-refractivity contribution in [3.05, 3.63) is 22.9 Å². The molecule has 0 unspecified atom stereocenters. The Kier molecular flexibility index (Phi) is 3.72. The first kappa shape index (κ1) is 13.0. The molecule has 6 nitrogen and oxygen atoms in total. The van der Waals surface area contributed by atoms with Crippen molar-refractivity contribution in [2.45, 2.75) is 13.8 Å². The summed E-state index contributed by atoms with van der Waals surface area (Å²) in [7, 11) is 0. The highest BCUT2D eigenvalue weighted by Gasteiger charge is 2.18. The van der Waals surface area contributed by atoms with E-state index >= 15 is 0 Å². The smallest absolute Gasteiger partial charge is 0.277 e. The summed E-state index contributed by atoms with van der Waals surface area (Å²) in [6.07, 6.45) is 0. The summed E-state index contributed by atoms with van der Waals surface area (Å²) in [5, 5.41) is 0. The lowest BCUT2D eigenvalue weighted by atomic mass is 10.2. The van der Waals surface area contributed by atoms with E-state index in [-0.39, 0.29) is 23.4 Å². The summed E-state index contributed by atoms with van der Waals surface area (Å²) < 4.78 is 13.3. The number of nitrogens with two attached hydrogens (primary N) is 2. The summed E-state index contributed by atoms with van der Waals surface area (Å²) in [6, 6.07) is 0. The van der Waals surface area contributed by atoms with Crippen LogP contribution < -0.4 is 21.9 Å². The van der Waals surface area contributed by atoms with Gasteiger partial charge in [-0.25, -0.2) is 0 Å². The molecule has 0 amide bonds. The molecule has 0 aliphatic rings. The van der Waals surface area contributed by atoms with Gasteiger partial charge in [-0.05, 0) is 12.5 Å². The van der Waals surface area contributed by atoms with Crippen LogP contribution in [0.3, 0.4) is 0 Å². The monoisotopic (exact) mass is 241 g/mol. The van der Waals surface area contributed by atoms with Crippen LogP contribution in [0.1, 0.15) is 13.8 Å². The number of nitrogens with zero attached hydrogens (tertiary/aromatic N) is 2. The number of hydrogen-bond acceptors (Lipinski definition) is 5. The molecule has 0 aliphatic heterocycles. The molecule has 17 heavy (non-hydrogen) atoms. The van der Waals surface area contributed by atoms with Gasteiger partial charge in [0.1, 0.15) is 5.69 Å². The second-order valence-electron chi connectivity index (χ2n) is 4.07. The number of halogens is 1. The zero-order valence-electron chi connectivity index (χ0n) is 9.83. The molecule has 5 N–H and O–H groups in total. The van der Waals surface area contributed by atoms with Crippen LogP contribution in [0.4, 0.5) is 21.8 Å². The Bertz CT molecular complexity index is 482. The number of hydrogen-bond donors (Lipinski definition) is 3. The second kappa shape index (κ2) is 4.86. The van der Waals surface area contributed by atoms with Crippen LogP contribution in [0.2, 0.25) is 0 Å². The van der Waals surface area contributed by atoms with Crippen molar-refractivity contribution >= 4 is 17.5 Å². The molecule has 7 heteroatoms. The fourth-order valence-corrected chi connectivity index (χ4v) is 1.36. The summed E-state index contributed by atoms with van der Waals surface area (Å²) in [6.45, 7) is 7.28. The number of aromatic nitrogens is 2. The lowest BCUT2D eigenvalue weighted by Gasteiger charge is -2.23. The summed E-state index contributed by atoms with van der Waals surface area (Å²) in [5.74, 6) is -0.714. The zero-order chi connectivity index (χ0) is 13.2. The van der Waals surface area contributed by atoms with E-state index in [1.54, 1.807) is 0 Å². The third-order valence-electron chi connectivity index (χ3n) is 2.05. The predicted molar refractivity (Wildman–Crippen MR) is 66.1 cm³/mol. The fourth-order valence-electron chi connectivity index (χ4n) is 1.36. The first-order valence-electron chi connectivity index (χ1n) is 5.10. The van der Waals surface area contributed by atoms with Gasteiger partial charge in [0, 0.05) is 6.54 Å². The molecule has 0 radical (unpaired) electrons. The molecule has 0 atom stereocenters. The highest BCUT2D eigenvalue weighted by molar-refractivity contribution is 5.64. The van der Waals surface area contributed by atoms with Crippen molar-refractivity contribution in [1.82, 2.24) is 9.97 Å². The van der Waals surface area contributed by atoms with E-state index in [0.717, 1.165) is 4.90 Å². The molecule has 0 aliphatic carbocycles. The maximum Gasteiger partial charge on any atom is 0.277 e. The Morgan fingerprint density at radius 3 is 2.65 bits per heavy atom. The zero-order valence-corrected chi connectivity index (χ0v) is 9.83. The first-order valence-corrected chi connectivity index (χ1v) is 5.10. The van der Waals surface area contributed by atoms with Crippen LogP contribution in [-0.4, -0.2) is 16.5 Å². The fraction of sp³-hybridized carbons (Fsp3) is 0.400. The van der Waals surface area contributed by atoms with E-state index in [4.69, 9.17) is 11.5 Å². The minimum Gasteiger partial charge on any atom is -0.391 e. The van der Waals surface area contributed by atoms with Crippen molar-refractivity contribution in [2.24, 2.45) is 5.92 Å². The minimum atomic E-state index is -0.733. The predicted octanol–water partition coefficient (Wildman–Crippen LogP) is 0.837. The van der Waals surface area contributed by atoms with Crippen molar-refractivity contribution < 1.29 is 4.39 Å². The molecule has 0 spiro atoms. The van der Waals surface area contributed by atoms with Crippen molar-refractivity contribution in [3.8, 4) is 0 Å². The van der Waals surface area contributed by atoms with Crippen LogP contribution >= 0.6 is 0 Å². The molecule has 1 aromatic heterocycles. The molecule has 1 rings (SSSR count). The first-order chi connectivity index (χ1) is 7.82. The average molecular weight is 241 g/mol. The summed E-state index contributed by atoms with van der Waals surface area (Å²) >= 11 is 0. The maximum atomic E-state index is 13.3. The van der Waals surface area contributed by atoms with Gasteiger partial charge in [-0.1, -0.05) is 13.8 Å². The van der Waals surface area contributed by atoms with Gasteiger partial charge in [0.25, 0.3) is 5.56 Å². The van der Waals surface area contributed by atoms with Gasteiger partial charge >= 0.3 is 0 Å². The van der Waals surface area contributed by atoms with E-state index < -0.39 is 11.5 Å². The van der Waals surface area contributed by atoms with Crippen molar-refractivity contribution in [1.29, 1.82) is 0 Å². The lowest BCUT2D eigenvalue weighted by Crippen LogP contribution is -2.29. The largest absolute Gasteiger partial charge is 0.391 e. The lowest BCUT2D eigenvalue weighted by molar-refractivity contribution is 0.544. The average Bonchev–Trinajstić information content (AvgIpc) is 2.19. The number of anilines is 3.